The molecule has 1 aliphatic rings. The van der Waals surface area contributed by atoms with E-state index in [0.29, 0.717) is 48.6 Å². The molecule has 0 spiro atoms. The van der Waals surface area contributed by atoms with Crippen LogP contribution in [0.1, 0.15) is 24.1 Å². The number of hydrogen-bond acceptors (Lipinski definition) is 7. The minimum absolute atomic E-state index is 0.150. The Bertz CT molecular complexity index is 1750. The maximum absolute atomic E-state index is 13.2. The third-order valence-corrected chi connectivity index (χ3v) is 7.24. The van der Waals surface area contributed by atoms with Gasteiger partial charge in [0, 0.05) is 56.7 Å². The van der Waals surface area contributed by atoms with Gasteiger partial charge in [-0.15, -0.1) is 0 Å². The Labute approximate surface area is 235 Å². The first-order valence-corrected chi connectivity index (χ1v) is 13.2. The van der Waals surface area contributed by atoms with Gasteiger partial charge < -0.3 is 15.1 Å². The lowest BCUT2D eigenvalue weighted by Crippen LogP contribution is -2.52. The molecule has 0 bridgehead atoms. The van der Waals surface area contributed by atoms with Crippen molar-refractivity contribution in [3.05, 3.63) is 84.3 Å². The van der Waals surface area contributed by atoms with Gasteiger partial charge >= 0.3 is 6.03 Å². The van der Waals surface area contributed by atoms with E-state index in [4.69, 9.17) is 9.97 Å². The molecule has 0 saturated carbocycles. The number of carbonyl (C=O) groups is 1. The number of rotatable bonds is 5. The molecule has 0 radical (unpaired) electrons. The number of benzene rings is 1. The molecule has 1 aliphatic heterocycles. The van der Waals surface area contributed by atoms with E-state index in [1.807, 2.05) is 32.3 Å². The highest BCUT2D eigenvalue weighted by Crippen LogP contribution is 2.29. The van der Waals surface area contributed by atoms with Gasteiger partial charge in [0.1, 0.15) is 28.8 Å². The number of fused-ring (bicyclic) bond motifs is 1. The number of amides is 2. The van der Waals surface area contributed by atoms with Gasteiger partial charge in [0.05, 0.1) is 36.0 Å². The number of pyridine rings is 1. The van der Waals surface area contributed by atoms with Crippen LogP contribution in [0.4, 0.5) is 15.0 Å². The van der Waals surface area contributed by atoms with Crippen molar-refractivity contribution in [1.82, 2.24) is 39.6 Å². The summed E-state index contributed by atoms with van der Waals surface area (Å²) >= 11 is 0. The highest BCUT2D eigenvalue weighted by Gasteiger charge is 2.24. The molecule has 1 saturated heterocycles. The average Bonchev–Trinajstić information content (AvgIpc) is 3.63. The van der Waals surface area contributed by atoms with Gasteiger partial charge in [0.25, 0.3) is 0 Å². The van der Waals surface area contributed by atoms with Crippen LogP contribution in [0, 0.1) is 17.1 Å². The summed E-state index contributed by atoms with van der Waals surface area (Å²) in [5.74, 6) is 0.489. The third-order valence-electron chi connectivity index (χ3n) is 7.24. The predicted molar refractivity (Wildman–Crippen MR) is 150 cm³/mol. The van der Waals surface area contributed by atoms with Gasteiger partial charge in [-0.25, -0.2) is 23.7 Å². The Kier molecular flexibility index (Phi) is 6.76. The summed E-state index contributed by atoms with van der Waals surface area (Å²) in [6, 6.07) is 11.8. The van der Waals surface area contributed by atoms with E-state index in [1.165, 1.54) is 18.3 Å². The molecule has 206 valence electrons. The van der Waals surface area contributed by atoms with Crippen LogP contribution in [-0.4, -0.2) is 66.5 Å². The standard InChI is InChI=1S/C29H27FN10O/c1-19(20-3-6-24(30)7-4-20)35-29(41)39-11-9-38(10-12-39)26-8-5-21(14-32-26)27-28-22(13-31)15-34-40(28)18-25(36-27)23-16-33-37(2)17-23/h3-8,14-19H,9-12H2,1-2H3,(H,35,41). The summed E-state index contributed by atoms with van der Waals surface area (Å²) < 4.78 is 16.6. The molecule has 5 heterocycles. The molecular weight excluding hydrogens is 523 g/mol. The number of anilines is 1. The number of aryl methyl sites for hydroxylation is 1. The van der Waals surface area contributed by atoms with Crippen molar-refractivity contribution in [2.75, 3.05) is 31.1 Å². The monoisotopic (exact) mass is 550 g/mol. The van der Waals surface area contributed by atoms with Crippen LogP contribution in [-0.2, 0) is 7.05 Å². The molecule has 1 fully saturated rings. The van der Waals surface area contributed by atoms with Gasteiger partial charge in [-0.3, -0.25) is 4.68 Å². The van der Waals surface area contributed by atoms with Gasteiger partial charge in [0.15, 0.2) is 0 Å². The lowest BCUT2D eigenvalue weighted by Gasteiger charge is -2.36. The summed E-state index contributed by atoms with van der Waals surface area (Å²) in [5, 5.41) is 21.3. The molecular formula is C29H27FN10O. The second kappa shape index (κ2) is 10.7. The van der Waals surface area contributed by atoms with Gasteiger partial charge in [-0.1, -0.05) is 12.1 Å². The van der Waals surface area contributed by atoms with Crippen molar-refractivity contribution >= 4 is 17.4 Å². The number of nitriles is 1. The fourth-order valence-corrected chi connectivity index (χ4v) is 4.95. The highest BCUT2D eigenvalue weighted by atomic mass is 19.1. The maximum atomic E-state index is 13.2. The Morgan fingerprint density at radius 1 is 1.00 bits per heavy atom. The van der Waals surface area contributed by atoms with E-state index in [9.17, 15) is 14.4 Å². The number of piperazine rings is 1. The molecule has 1 aromatic carbocycles. The summed E-state index contributed by atoms with van der Waals surface area (Å²) in [7, 11) is 1.84. The van der Waals surface area contributed by atoms with Crippen molar-refractivity contribution in [3.63, 3.8) is 0 Å². The molecule has 11 nitrogen and oxygen atoms in total. The molecule has 1 N–H and O–H groups in total. The number of nitrogens with one attached hydrogen (secondary N) is 1. The molecule has 4 aromatic heterocycles. The summed E-state index contributed by atoms with van der Waals surface area (Å²) in [5.41, 5.74) is 4.77. The SMILES string of the molecule is CC(NC(=O)N1CCN(c2ccc(-c3nc(-c4cnn(C)c4)cn4ncc(C#N)c34)cn2)CC1)c1ccc(F)cc1. The molecule has 12 heteroatoms. The molecule has 41 heavy (non-hydrogen) atoms. The largest absolute Gasteiger partial charge is 0.353 e. The van der Waals surface area contributed by atoms with E-state index in [-0.39, 0.29) is 17.9 Å². The van der Waals surface area contributed by atoms with Crippen LogP contribution < -0.4 is 10.2 Å². The van der Waals surface area contributed by atoms with Gasteiger partial charge in [0.2, 0.25) is 0 Å². The van der Waals surface area contributed by atoms with E-state index in [0.717, 1.165) is 22.5 Å². The first-order chi connectivity index (χ1) is 19.9. The van der Waals surface area contributed by atoms with E-state index in [2.05, 4.69) is 26.5 Å². The molecule has 6 rings (SSSR count). The van der Waals surface area contributed by atoms with Crippen molar-refractivity contribution in [1.29, 1.82) is 5.26 Å². The zero-order valence-electron chi connectivity index (χ0n) is 22.6. The number of aromatic nitrogens is 6. The Morgan fingerprint density at radius 2 is 1.78 bits per heavy atom. The third kappa shape index (κ3) is 5.17. The molecule has 1 atom stereocenters. The van der Waals surface area contributed by atoms with Crippen LogP contribution in [0.2, 0.25) is 0 Å². The zero-order valence-corrected chi connectivity index (χ0v) is 22.6. The van der Waals surface area contributed by atoms with E-state index >= 15 is 0 Å². The molecule has 0 aliphatic carbocycles. The van der Waals surface area contributed by atoms with Gasteiger partial charge in [-0.2, -0.15) is 15.5 Å². The van der Waals surface area contributed by atoms with Crippen molar-refractivity contribution in [3.8, 4) is 28.6 Å². The number of halogens is 1. The maximum Gasteiger partial charge on any atom is 0.317 e. The van der Waals surface area contributed by atoms with Crippen LogP contribution in [0.3, 0.4) is 0 Å². The highest BCUT2D eigenvalue weighted by molar-refractivity contribution is 5.83. The predicted octanol–water partition coefficient (Wildman–Crippen LogP) is 3.80. The van der Waals surface area contributed by atoms with Crippen LogP contribution in [0.25, 0.3) is 28.0 Å². The molecule has 2 amide bonds. The minimum atomic E-state index is -0.304. The fraction of sp³-hybridized carbons (Fsp3) is 0.241. The number of nitrogens with zero attached hydrogens (tertiary/aromatic N) is 9. The Hall–Kier alpha value is -5.31. The topological polar surface area (TPSA) is 120 Å². The lowest BCUT2D eigenvalue weighted by molar-refractivity contribution is 0.191. The number of hydrogen-bond donors (Lipinski definition) is 1. The van der Waals surface area contributed by atoms with E-state index < -0.39 is 0 Å². The zero-order chi connectivity index (χ0) is 28.5. The summed E-state index contributed by atoms with van der Waals surface area (Å²) in [6.45, 7) is 4.23. The summed E-state index contributed by atoms with van der Waals surface area (Å²) in [4.78, 5) is 26.3. The second-order valence-electron chi connectivity index (χ2n) is 9.94. The normalized spacial score (nSPS) is 14.2. The first-order valence-electron chi connectivity index (χ1n) is 13.2. The van der Waals surface area contributed by atoms with Crippen LogP contribution in [0.15, 0.2) is 67.4 Å². The van der Waals surface area contributed by atoms with Gasteiger partial charge in [-0.05, 0) is 36.8 Å². The smallest absolute Gasteiger partial charge is 0.317 e. The molecule has 5 aromatic rings. The number of urea groups is 1. The Balaban J connectivity index is 1.16. The lowest BCUT2D eigenvalue weighted by atomic mass is 10.1. The number of carbonyl (C=O) groups excluding carboxylic acids is 1. The van der Waals surface area contributed by atoms with Crippen LogP contribution >= 0.6 is 0 Å². The average molecular weight is 551 g/mol. The van der Waals surface area contributed by atoms with Crippen molar-refractivity contribution < 1.29 is 9.18 Å². The summed E-state index contributed by atoms with van der Waals surface area (Å²) in [6.07, 6.45) is 8.68. The fourth-order valence-electron chi connectivity index (χ4n) is 4.95. The van der Waals surface area contributed by atoms with E-state index in [1.54, 1.807) is 44.8 Å². The van der Waals surface area contributed by atoms with Crippen LogP contribution in [0.5, 0.6) is 0 Å². The van der Waals surface area contributed by atoms with Crippen molar-refractivity contribution in [2.24, 2.45) is 7.05 Å². The first kappa shape index (κ1) is 25.9. The Morgan fingerprint density at radius 3 is 2.44 bits per heavy atom. The quantitative estimate of drug-likeness (QED) is 0.353. The minimum Gasteiger partial charge on any atom is -0.353 e. The second-order valence-corrected chi connectivity index (χ2v) is 9.94. The molecule has 1 unspecified atom stereocenters. The van der Waals surface area contributed by atoms with Crippen molar-refractivity contribution in [2.45, 2.75) is 13.0 Å².